The molecule has 0 bridgehead atoms. The van der Waals surface area contributed by atoms with Gasteiger partial charge < -0.3 is 10.2 Å². The summed E-state index contributed by atoms with van der Waals surface area (Å²) < 4.78 is 2.07. The molecule has 2 aromatic carbocycles. The molecule has 0 radical (unpaired) electrons. The number of amides is 2. The van der Waals surface area contributed by atoms with Gasteiger partial charge in [0.2, 0.25) is 11.8 Å². The highest BCUT2D eigenvalue weighted by Gasteiger charge is 2.18. The van der Waals surface area contributed by atoms with E-state index in [-0.39, 0.29) is 23.9 Å². The van der Waals surface area contributed by atoms with E-state index in [2.05, 4.69) is 26.2 Å². The molecule has 0 spiro atoms. The van der Waals surface area contributed by atoms with Gasteiger partial charge in [-0.15, -0.1) is 0 Å². The number of halogens is 1. The van der Waals surface area contributed by atoms with Crippen LogP contribution in [0.4, 0.5) is 5.69 Å². The molecular formula is C22H21BrN4O3. The largest absolute Gasteiger partial charge is 0.338 e. The highest BCUT2D eigenvalue weighted by molar-refractivity contribution is 9.10. The predicted octanol–water partition coefficient (Wildman–Crippen LogP) is 3.31. The second-order valence-corrected chi connectivity index (χ2v) is 8.28. The summed E-state index contributed by atoms with van der Waals surface area (Å²) in [7, 11) is 0. The molecule has 7 nitrogen and oxygen atoms in total. The molecule has 3 aromatic rings. The smallest absolute Gasteiger partial charge is 0.261 e. The van der Waals surface area contributed by atoms with Crippen molar-refractivity contribution in [2.24, 2.45) is 0 Å². The van der Waals surface area contributed by atoms with Crippen LogP contribution < -0.4 is 10.9 Å². The Labute approximate surface area is 181 Å². The maximum atomic E-state index is 12.7. The molecule has 2 amide bonds. The summed E-state index contributed by atoms with van der Waals surface area (Å²) in [4.78, 5) is 43.3. The topological polar surface area (TPSA) is 84.3 Å². The van der Waals surface area contributed by atoms with Gasteiger partial charge in [-0.3, -0.25) is 19.0 Å². The zero-order valence-corrected chi connectivity index (χ0v) is 17.9. The summed E-state index contributed by atoms with van der Waals surface area (Å²) in [5.74, 6) is -0.148. The number of nitrogens with zero attached hydrogens (tertiary/aromatic N) is 3. The number of likely N-dealkylation sites (tertiary alicyclic amines) is 1. The molecule has 1 aliphatic heterocycles. The van der Waals surface area contributed by atoms with Crippen LogP contribution in [0.2, 0.25) is 0 Å². The van der Waals surface area contributed by atoms with Crippen LogP contribution in [-0.2, 0) is 22.7 Å². The molecule has 1 saturated heterocycles. The number of hydrogen-bond acceptors (Lipinski definition) is 4. The van der Waals surface area contributed by atoms with E-state index in [1.54, 1.807) is 18.2 Å². The molecule has 1 fully saturated rings. The van der Waals surface area contributed by atoms with Gasteiger partial charge in [0.15, 0.2) is 0 Å². The molecule has 0 aliphatic carbocycles. The SMILES string of the molecule is O=C(Cn1cnc2ccc(Br)cc2c1=O)Nc1cccc(CN2CCCCC2=O)c1. The van der Waals surface area contributed by atoms with Crippen molar-refractivity contribution in [3.05, 3.63) is 69.2 Å². The van der Waals surface area contributed by atoms with Crippen LogP contribution in [0.25, 0.3) is 10.9 Å². The highest BCUT2D eigenvalue weighted by atomic mass is 79.9. The number of benzene rings is 2. The molecule has 1 aromatic heterocycles. The van der Waals surface area contributed by atoms with Gasteiger partial charge in [-0.1, -0.05) is 28.1 Å². The minimum absolute atomic E-state index is 0.136. The van der Waals surface area contributed by atoms with E-state index in [0.29, 0.717) is 29.6 Å². The minimum Gasteiger partial charge on any atom is -0.338 e. The molecule has 1 aliphatic rings. The zero-order chi connectivity index (χ0) is 21.1. The molecule has 30 heavy (non-hydrogen) atoms. The van der Waals surface area contributed by atoms with Gasteiger partial charge in [-0.2, -0.15) is 0 Å². The molecule has 154 valence electrons. The number of rotatable bonds is 5. The van der Waals surface area contributed by atoms with Crippen LogP contribution in [0.3, 0.4) is 0 Å². The lowest BCUT2D eigenvalue weighted by molar-refractivity contribution is -0.133. The first-order chi connectivity index (χ1) is 14.5. The van der Waals surface area contributed by atoms with Crippen molar-refractivity contribution in [2.45, 2.75) is 32.4 Å². The van der Waals surface area contributed by atoms with E-state index >= 15 is 0 Å². The molecule has 2 heterocycles. The fourth-order valence-electron chi connectivity index (χ4n) is 3.60. The third-order valence-electron chi connectivity index (χ3n) is 5.11. The van der Waals surface area contributed by atoms with Gasteiger partial charge in [0.1, 0.15) is 6.54 Å². The lowest BCUT2D eigenvalue weighted by Crippen LogP contribution is -2.34. The number of aromatic nitrogens is 2. The first-order valence-corrected chi connectivity index (χ1v) is 10.6. The first-order valence-electron chi connectivity index (χ1n) is 9.81. The van der Waals surface area contributed by atoms with Crippen molar-refractivity contribution in [3.63, 3.8) is 0 Å². The Morgan fingerprint density at radius 2 is 2.00 bits per heavy atom. The van der Waals surface area contributed by atoms with Crippen LogP contribution in [0, 0.1) is 0 Å². The van der Waals surface area contributed by atoms with Crippen molar-refractivity contribution in [1.29, 1.82) is 0 Å². The quantitative estimate of drug-likeness (QED) is 0.622. The predicted molar refractivity (Wildman–Crippen MR) is 118 cm³/mol. The molecule has 4 rings (SSSR count). The third kappa shape index (κ3) is 4.59. The van der Waals surface area contributed by atoms with Crippen LogP contribution >= 0.6 is 15.9 Å². The van der Waals surface area contributed by atoms with E-state index in [1.165, 1.54) is 10.9 Å². The minimum atomic E-state index is -0.320. The second kappa shape index (κ2) is 8.79. The van der Waals surface area contributed by atoms with Crippen molar-refractivity contribution < 1.29 is 9.59 Å². The lowest BCUT2D eigenvalue weighted by atomic mass is 10.1. The van der Waals surface area contributed by atoms with Gasteiger partial charge in [-0.05, 0) is 48.7 Å². The Kier molecular flexibility index (Phi) is 5.94. The van der Waals surface area contributed by atoms with Crippen molar-refractivity contribution in [3.8, 4) is 0 Å². The average Bonchev–Trinajstić information content (AvgIpc) is 2.72. The Bertz CT molecular complexity index is 1170. The van der Waals surface area contributed by atoms with Crippen LogP contribution in [-0.4, -0.2) is 32.8 Å². The third-order valence-corrected chi connectivity index (χ3v) is 5.60. The fraction of sp³-hybridized carbons (Fsp3) is 0.273. The fourth-order valence-corrected chi connectivity index (χ4v) is 3.96. The Morgan fingerprint density at radius 3 is 2.83 bits per heavy atom. The summed E-state index contributed by atoms with van der Waals surface area (Å²) in [6.45, 7) is 1.16. The zero-order valence-electron chi connectivity index (χ0n) is 16.3. The molecule has 8 heteroatoms. The average molecular weight is 469 g/mol. The van der Waals surface area contributed by atoms with Crippen LogP contribution in [0.5, 0.6) is 0 Å². The Morgan fingerprint density at radius 1 is 1.13 bits per heavy atom. The van der Waals surface area contributed by atoms with Gasteiger partial charge >= 0.3 is 0 Å². The molecule has 0 saturated carbocycles. The van der Waals surface area contributed by atoms with Crippen molar-refractivity contribution in [2.75, 3.05) is 11.9 Å². The number of carbonyl (C=O) groups is 2. The van der Waals surface area contributed by atoms with Crippen molar-refractivity contribution >= 4 is 44.3 Å². The maximum Gasteiger partial charge on any atom is 0.261 e. The Balaban J connectivity index is 1.45. The second-order valence-electron chi connectivity index (χ2n) is 7.36. The number of piperidine rings is 1. The summed E-state index contributed by atoms with van der Waals surface area (Å²) in [6, 6.07) is 12.7. The number of anilines is 1. The highest BCUT2D eigenvalue weighted by Crippen LogP contribution is 2.18. The van der Waals surface area contributed by atoms with Crippen LogP contribution in [0.1, 0.15) is 24.8 Å². The molecule has 1 N–H and O–H groups in total. The van der Waals surface area contributed by atoms with E-state index < -0.39 is 0 Å². The van der Waals surface area contributed by atoms with Gasteiger partial charge in [0.25, 0.3) is 5.56 Å². The molecule has 0 atom stereocenters. The summed E-state index contributed by atoms with van der Waals surface area (Å²) >= 11 is 3.35. The summed E-state index contributed by atoms with van der Waals surface area (Å²) in [5.41, 5.74) is 1.90. The van der Waals surface area contributed by atoms with Gasteiger partial charge in [0.05, 0.1) is 17.2 Å². The maximum absolute atomic E-state index is 12.7. The lowest BCUT2D eigenvalue weighted by Gasteiger charge is -2.26. The standard InChI is InChI=1S/C22H21BrN4O3/c23-16-7-8-19-18(11-16)22(30)27(14-24-19)13-20(28)25-17-5-3-4-15(10-17)12-26-9-2-1-6-21(26)29/h3-5,7-8,10-11,14H,1-2,6,9,12-13H2,(H,25,28). The van der Waals surface area contributed by atoms with E-state index in [0.717, 1.165) is 29.4 Å². The van der Waals surface area contributed by atoms with E-state index in [9.17, 15) is 14.4 Å². The Hall–Kier alpha value is -3.00. The van der Waals surface area contributed by atoms with Gasteiger partial charge in [-0.25, -0.2) is 4.98 Å². The van der Waals surface area contributed by atoms with Gasteiger partial charge in [0, 0.05) is 29.7 Å². The van der Waals surface area contributed by atoms with E-state index in [4.69, 9.17) is 0 Å². The normalized spacial score (nSPS) is 14.2. The summed E-state index contributed by atoms with van der Waals surface area (Å²) in [6.07, 6.45) is 3.96. The number of fused-ring (bicyclic) bond motifs is 1. The number of nitrogens with one attached hydrogen (secondary N) is 1. The van der Waals surface area contributed by atoms with Crippen molar-refractivity contribution in [1.82, 2.24) is 14.5 Å². The van der Waals surface area contributed by atoms with Crippen LogP contribution in [0.15, 0.2) is 58.1 Å². The number of hydrogen-bond donors (Lipinski definition) is 1. The summed E-state index contributed by atoms with van der Waals surface area (Å²) in [5, 5.41) is 3.28. The first kappa shape index (κ1) is 20.3. The van der Waals surface area contributed by atoms with E-state index in [1.807, 2.05) is 29.2 Å². The molecule has 0 unspecified atom stereocenters. The monoisotopic (exact) mass is 468 g/mol. The molecular weight excluding hydrogens is 448 g/mol. The number of carbonyl (C=O) groups excluding carboxylic acids is 2.